The number of piperidine rings is 1. The van der Waals surface area contributed by atoms with Crippen molar-refractivity contribution in [3.8, 4) is 10.6 Å². The van der Waals surface area contributed by atoms with Crippen molar-refractivity contribution in [3.63, 3.8) is 0 Å². The Hall–Kier alpha value is -3.46. The van der Waals surface area contributed by atoms with Gasteiger partial charge in [0.2, 0.25) is 11.9 Å². The van der Waals surface area contributed by atoms with Gasteiger partial charge in [0.1, 0.15) is 0 Å². The van der Waals surface area contributed by atoms with E-state index in [-0.39, 0.29) is 25.0 Å². The molecule has 0 aromatic carbocycles. The molecule has 0 aliphatic carbocycles. The maximum atomic E-state index is 13.2. The highest BCUT2D eigenvalue weighted by Gasteiger charge is 2.24. The van der Waals surface area contributed by atoms with Gasteiger partial charge in [-0.2, -0.15) is 0 Å². The molecule has 1 fully saturated rings. The zero-order valence-electron chi connectivity index (χ0n) is 19.9. The SMILES string of the molecule is Cc1ccc(-c2cnc3c(N4CCC(CF)CC4)cc(C(=O)NCc4ccc(C)[n+](O)c4)cn23)s1. The minimum absolute atomic E-state index is 0.0990. The number of thiophene rings is 1. The van der Waals surface area contributed by atoms with E-state index in [0.717, 1.165) is 58.1 Å². The molecule has 1 aliphatic heterocycles. The van der Waals surface area contributed by atoms with Gasteiger partial charge in [-0.05, 0) is 49.9 Å². The summed E-state index contributed by atoms with van der Waals surface area (Å²) >= 11 is 1.69. The summed E-state index contributed by atoms with van der Waals surface area (Å²) in [6.45, 7) is 5.33. The second-order valence-corrected chi connectivity index (χ2v) is 10.4. The number of amides is 1. The lowest BCUT2D eigenvalue weighted by Gasteiger charge is -2.32. The normalized spacial score (nSPS) is 14.5. The Bertz CT molecular complexity index is 1370. The molecular weight excluding hydrogens is 465 g/mol. The predicted octanol–water partition coefficient (Wildman–Crippen LogP) is 4.32. The van der Waals surface area contributed by atoms with E-state index in [2.05, 4.69) is 29.3 Å². The van der Waals surface area contributed by atoms with Crippen molar-refractivity contribution in [1.82, 2.24) is 14.7 Å². The molecule has 0 saturated carbocycles. The van der Waals surface area contributed by atoms with Crippen LogP contribution in [0, 0.1) is 19.8 Å². The van der Waals surface area contributed by atoms with E-state index in [1.807, 2.05) is 28.9 Å². The Kier molecular flexibility index (Phi) is 6.42. The van der Waals surface area contributed by atoms with Gasteiger partial charge in [0.05, 0.1) is 34.7 Å². The molecule has 0 radical (unpaired) electrons. The summed E-state index contributed by atoms with van der Waals surface area (Å²) in [6, 6.07) is 9.71. The van der Waals surface area contributed by atoms with Crippen LogP contribution in [-0.2, 0) is 6.54 Å². The number of aryl methyl sites for hydroxylation is 2. The van der Waals surface area contributed by atoms with Crippen molar-refractivity contribution in [2.24, 2.45) is 5.92 Å². The Morgan fingerprint density at radius 1 is 1.26 bits per heavy atom. The summed E-state index contributed by atoms with van der Waals surface area (Å²) < 4.78 is 16.2. The Morgan fingerprint density at radius 2 is 2.06 bits per heavy atom. The molecule has 0 bridgehead atoms. The quantitative estimate of drug-likeness (QED) is 0.309. The van der Waals surface area contributed by atoms with E-state index in [1.54, 1.807) is 30.5 Å². The monoisotopic (exact) mass is 494 g/mol. The fourth-order valence-corrected chi connectivity index (χ4v) is 5.38. The highest BCUT2D eigenvalue weighted by Crippen LogP contribution is 2.33. The third-order valence-electron chi connectivity index (χ3n) is 6.66. The van der Waals surface area contributed by atoms with Crippen molar-refractivity contribution >= 4 is 28.6 Å². The molecule has 1 saturated heterocycles. The lowest BCUT2D eigenvalue weighted by atomic mass is 9.98. The number of hydrogen-bond acceptors (Lipinski definition) is 5. The van der Waals surface area contributed by atoms with Gasteiger partial charge in [0.25, 0.3) is 5.91 Å². The topological polar surface area (TPSA) is 73.8 Å². The summed E-state index contributed by atoms with van der Waals surface area (Å²) in [4.78, 5) is 22.5. The number of nitrogens with zero attached hydrogens (tertiary/aromatic N) is 4. The van der Waals surface area contributed by atoms with Crippen LogP contribution in [0.25, 0.3) is 16.2 Å². The number of anilines is 1. The first kappa shape index (κ1) is 23.3. The van der Waals surface area contributed by atoms with Crippen molar-refractivity contribution in [2.75, 3.05) is 24.7 Å². The van der Waals surface area contributed by atoms with Crippen molar-refractivity contribution in [2.45, 2.75) is 33.2 Å². The summed E-state index contributed by atoms with van der Waals surface area (Å²) in [6.07, 6.45) is 6.84. The fourth-order valence-electron chi connectivity index (χ4n) is 4.50. The molecule has 0 spiro atoms. The highest BCUT2D eigenvalue weighted by atomic mass is 32.1. The molecule has 1 amide bonds. The zero-order valence-corrected chi connectivity index (χ0v) is 20.7. The molecule has 2 N–H and O–H groups in total. The van der Waals surface area contributed by atoms with E-state index in [9.17, 15) is 14.4 Å². The van der Waals surface area contributed by atoms with Crippen LogP contribution in [0.5, 0.6) is 0 Å². The predicted molar refractivity (Wildman–Crippen MR) is 134 cm³/mol. The summed E-state index contributed by atoms with van der Waals surface area (Å²) in [7, 11) is 0. The number of alkyl halides is 1. The lowest BCUT2D eigenvalue weighted by Crippen LogP contribution is -2.35. The molecule has 35 heavy (non-hydrogen) atoms. The van der Waals surface area contributed by atoms with Crippen LogP contribution in [0.2, 0.25) is 0 Å². The first-order valence-electron chi connectivity index (χ1n) is 11.8. The van der Waals surface area contributed by atoms with Gasteiger partial charge in [0.15, 0.2) is 5.65 Å². The highest BCUT2D eigenvalue weighted by molar-refractivity contribution is 7.15. The molecule has 4 aromatic heterocycles. The molecule has 9 heteroatoms. The van der Waals surface area contributed by atoms with Gasteiger partial charge in [-0.3, -0.25) is 18.8 Å². The number of fused-ring (bicyclic) bond motifs is 1. The van der Waals surface area contributed by atoms with Gasteiger partial charge in [0, 0.05) is 54.0 Å². The second kappa shape index (κ2) is 9.65. The minimum atomic E-state index is -0.288. The molecular formula is C26H29FN5O2S+. The molecule has 5 heterocycles. The maximum absolute atomic E-state index is 13.2. The standard InChI is InChI=1S/C26H28FN5O2S/c1-17-3-5-20(15-32(17)34)13-29-26(33)21-11-22(30-9-7-19(12-27)8-10-30)25-28-14-23(31(25)16-21)24-6-4-18(2)35-24/h3-6,11,14-16,19H,7-10,12-13H2,1-2H3,(H-,29,33,34)/p+1. The Labute approximate surface area is 207 Å². The van der Waals surface area contributed by atoms with Crippen LogP contribution in [0.4, 0.5) is 10.1 Å². The molecule has 1 aliphatic rings. The number of halogens is 1. The third kappa shape index (κ3) is 4.73. The van der Waals surface area contributed by atoms with Crippen LogP contribution in [0.1, 0.15) is 39.3 Å². The number of pyridine rings is 2. The number of hydrogen-bond donors (Lipinski definition) is 2. The second-order valence-electron chi connectivity index (χ2n) is 9.15. The number of aromatic nitrogens is 3. The van der Waals surface area contributed by atoms with Crippen LogP contribution >= 0.6 is 11.3 Å². The van der Waals surface area contributed by atoms with Gasteiger partial charge in [-0.1, -0.05) is 0 Å². The van der Waals surface area contributed by atoms with E-state index < -0.39 is 0 Å². The average molecular weight is 495 g/mol. The summed E-state index contributed by atoms with van der Waals surface area (Å²) in [5, 5.41) is 12.9. The molecule has 5 rings (SSSR count). The average Bonchev–Trinajstić information content (AvgIpc) is 3.50. The van der Waals surface area contributed by atoms with Gasteiger partial charge < -0.3 is 10.2 Å². The molecule has 0 unspecified atom stereocenters. The number of carbonyl (C=O) groups excluding carboxylic acids is 1. The lowest BCUT2D eigenvalue weighted by molar-refractivity contribution is -0.909. The minimum Gasteiger partial charge on any atom is -0.368 e. The largest absolute Gasteiger partial charge is 0.368 e. The van der Waals surface area contributed by atoms with Gasteiger partial charge >= 0.3 is 0 Å². The molecule has 4 aromatic rings. The van der Waals surface area contributed by atoms with Crippen molar-refractivity contribution in [1.29, 1.82) is 0 Å². The third-order valence-corrected chi connectivity index (χ3v) is 7.68. The number of imidazole rings is 1. The Morgan fingerprint density at radius 3 is 2.74 bits per heavy atom. The van der Waals surface area contributed by atoms with Crippen molar-refractivity contribution < 1.29 is 19.1 Å². The van der Waals surface area contributed by atoms with Crippen molar-refractivity contribution in [3.05, 3.63) is 70.6 Å². The smallest absolute Gasteiger partial charge is 0.253 e. The van der Waals surface area contributed by atoms with E-state index in [4.69, 9.17) is 4.98 Å². The zero-order chi connectivity index (χ0) is 24.5. The van der Waals surface area contributed by atoms with Gasteiger partial charge in [-0.15, -0.1) is 11.3 Å². The van der Waals surface area contributed by atoms with E-state index in [1.165, 1.54) is 4.88 Å². The van der Waals surface area contributed by atoms with Gasteiger partial charge in [-0.25, -0.2) is 4.98 Å². The maximum Gasteiger partial charge on any atom is 0.253 e. The number of rotatable bonds is 6. The van der Waals surface area contributed by atoms with E-state index in [0.29, 0.717) is 11.3 Å². The first-order chi connectivity index (χ1) is 16.9. The summed E-state index contributed by atoms with van der Waals surface area (Å²) in [5.41, 5.74) is 4.64. The van der Waals surface area contributed by atoms with Crippen LogP contribution < -0.4 is 14.9 Å². The first-order valence-corrected chi connectivity index (χ1v) is 12.6. The summed E-state index contributed by atoms with van der Waals surface area (Å²) in [5.74, 6) is -0.110. The Balaban J connectivity index is 1.49. The number of carbonyl (C=O) groups is 1. The molecule has 0 atom stereocenters. The van der Waals surface area contributed by atoms with E-state index >= 15 is 0 Å². The number of nitrogens with one attached hydrogen (secondary N) is 1. The molecule has 182 valence electrons. The van der Waals surface area contributed by atoms with Crippen LogP contribution in [0.15, 0.2) is 48.9 Å². The van der Waals surface area contributed by atoms with Crippen LogP contribution in [-0.4, -0.2) is 40.3 Å². The fraction of sp³-hybridized carbons (Fsp3) is 0.346. The van der Waals surface area contributed by atoms with Crippen LogP contribution in [0.3, 0.4) is 0 Å². The molecule has 7 nitrogen and oxygen atoms in total.